The molecule has 110 valence electrons. The summed E-state index contributed by atoms with van der Waals surface area (Å²) in [6.45, 7) is 1.79. The van der Waals surface area contributed by atoms with Gasteiger partial charge in [-0.2, -0.15) is 0 Å². The minimum Gasteiger partial charge on any atom is -0.383 e. The predicted molar refractivity (Wildman–Crippen MR) is 78.1 cm³/mol. The van der Waals surface area contributed by atoms with Crippen LogP contribution in [0.1, 0.15) is 5.56 Å². The highest BCUT2D eigenvalue weighted by Gasteiger charge is 2.11. The van der Waals surface area contributed by atoms with Crippen molar-refractivity contribution < 1.29 is 9.66 Å². The fraction of sp³-hybridized carbons (Fsp3) is 0.286. The standard InChI is InChI=1S/C14H16N4O3/c1-21-8-7-17(11-12-3-2-6-15-9-12)14-5-4-13(10-16-14)18(19)20/h2-6,9-10H,7-8,11H2,1H3. The minimum atomic E-state index is -0.461. The SMILES string of the molecule is COCCN(Cc1cccnc1)c1ccc([N+](=O)[O-])cn1. The third kappa shape index (κ3) is 4.22. The highest BCUT2D eigenvalue weighted by Crippen LogP contribution is 2.17. The van der Waals surface area contributed by atoms with E-state index in [1.807, 2.05) is 17.0 Å². The summed E-state index contributed by atoms with van der Waals surface area (Å²) in [6, 6.07) is 6.93. The van der Waals surface area contributed by atoms with Crippen LogP contribution in [0.3, 0.4) is 0 Å². The lowest BCUT2D eigenvalue weighted by atomic mass is 10.2. The summed E-state index contributed by atoms with van der Waals surface area (Å²) in [7, 11) is 1.63. The number of hydrogen-bond donors (Lipinski definition) is 0. The summed E-state index contributed by atoms with van der Waals surface area (Å²) in [6.07, 6.45) is 4.76. The first-order chi connectivity index (χ1) is 10.2. The number of pyridine rings is 2. The highest BCUT2D eigenvalue weighted by atomic mass is 16.6. The van der Waals surface area contributed by atoms with E-state index < -0.39 is 4.92 Å². The average molecular weight is 288 g/mol. The largest absolute Gasteiger partial charge is 0.383 e. The van der Waals surface area contributed by atoms with E-state index in [1.54, 1.807) is 25.6 Å². The van der Waals surface area contributed by atoms with Gasteiger partial charge in [-0.3, -0.25) is 15.1 Å². The van der Waals surface area contributed by atoms with Crippen molar-refractivity contribution >= 4 is 11.5 Å². The molecule has 2 aromatic rings. The fourth-order valence-electron chi connectivity index (χ4n) is 1.86. The van der Waals surface area contributed by atoms with Crippen LogP contribution < -0.4 is 4.90 Å². The highest BCUT2D eigenvalue weighted by molar-refractivity contribution is 5.43. The molecule has 0 spiro atoms. The van der Waals surface area contributed by atoms with Crippen LogP contribution >= 0.6 is 0 Å². The second kappa shape index (κ2) is 7.30. The van der Waals surface area contributed by atoms with E-state index in [1.165, 1.54) is 12.3 Å². The van der Waals surface area contributed by atoms with E-state index in [2.05, 4.69) is 9.97 Å². The molecule has 7 nitrogen and oxygen atoms in total. The molecule has 0 amide bonds. The van der Waals surface area contributed by atoms with Crippen LogP contribution in [-0.2, 0) is 11.3 Å². The molecule has 0 radical (unpaired) electrons. The van der Waals surface area contributed by atoms with Crippen molar-refractivity contribution in [2.24, 2.45) is 0 Å². The first kappa shape index (κ1) is 14.9. The Morgan fingerprint density at radius 3 is 2.76 bits per heavy atom. The Morgan fingerprint density at radius 1 is 1.33 bits per heavy atom. The molecule has 2 heterocycles. The molecular formula is C14H16N4O3. The summed E-state index contributed by atoms with van der Waals surface area (Å²) >= 11 is 0. The molecule has 7 heteroatoms. The Kier molecular flexibility index (Phi) is 5.16. The maximum absolute atomic E-state index is 10.7. The Bertz CT molecular complexity index is 575. The second-order valence-corrected chi connectivity index (χ2v) is 4.41. The van der Waals surface area contributed by atoms with Gasteiger partial charge in [0.1, 0.15) is 12.0 Å². The van der Waals surface area contributed by atoms with E-state index in [9.17, 15) is 10.1 Å². The van der Waals surface area contributed by atoms with Crippen LogP contribution in [0.25, 0.3) is 0 Å². The molecule has 2 rings (SSSR count). The summed E-state index contributed by atoms with van der Waals surface area (Å²) in [4.78, 5) is 20.4. The van der Waals surface area contributed by atoms with Gasteiger partial charge in [-0.1, -0.05) is 6.07 Å². The van der Waals surface area contributed by atoms with Crippen molar-refractivity contribution in [3.8, 4) is 0 Å². The lowest BCUT2D eigenvalue weighted by Crippen LogP contribution is -2.27. The molecule has 0 aliphatic carbocycles. The molecule has 21 heavy (non-hydrogen) atoms. The average Bonchev–Trinajstić information content (AvgIpc) is 2.52. The van der Waals surface area contributed by atoms with Crippen molar-refractivity contribution in [3.63, 3.8) is 0 Å². The Morgan fingerprint density at radius 2 is 2.19 bits per heavy atom. The normalized spacial score (nSPS) is 10.3. The Hall–Kier alpha value is -2.54. The van der Waals surface area contributed by atoms with Crippen LogP contribution in [0.5, 0.6) is 0 Å². The van der Waals surface area contributed by atoms with Gasteiger partial charge in [-0.25, -0.2) is 4.98 Å². The topological polar surface area (TPSA) is 81.4 Å². The summed E-state index contributed by atoms with van der Waals surface area (Å²) in [5.74, 6) is 0.668. The van der Waals surface area contributed by atoms with Crippen LogP contribution in [0.2, 0.25) is 0 Å². The predicted octanol–water partition coefficient (Wildman–Crippen LogP) is 2.04. The third-order valence-electron chi connectivity index (χ3n) is 2.93. The molecule has 2 aromatic heterocycles. The molecular weight excluding hydrogens is 272 g/mol. The van der Waals surface area contributed by atoms with Crippen molar-refractivity contribution in [2.45, 2.75) is 6.54 Å². The van der Waals surface area contributed by atoms with Crippen LogP contribution in [0.4, 0.5) is 11.5 Å². The van der Waals surface area contributed by atoms with Gasteiger partial charge in [-0.15, -0.1) is 0 Å². The summed E-state index contributed by atoms with van der Waals surface area (Å²) in [5.41, 5.74) is 1.01. The zero-order chi connectivity index (χ0) is 15.1. The zero-order valence-electron chi connectivity index (χ0n) is 11.7. The first-order valence-electron chi connectivity index (χ1n) is 6.44. The molecule has 0 saturated heterocycles. The molecule has 0 atom stereocenters. The number of nitro groups is 1. The lowest BCUT2D eigenvalue weighted by molar-refractivity contribution is -0.385. The van der Waals surface area contributed by atoms with Crippen molar-refractivity contribution in [2.75, 3.05) is 25.2 Å². The van der Waals surface area contributed by atoms with Crippen molar-refractivity contribution in [1.29, 1.82) is 0 Å². The van der Waals surface area contributed by atoms with Crippen LogP contribution in [0.15, 0.2) is 42.9 Å². The van der Waals surface area contributed by atoms with E-state index in [0.717, 1.165) is 5.56 Å². The number of hydrogen-bond acceptors (Lipinski definition) is 6. The van der Waals surface area contributed by atoms with Gasteiger partial charge in [0.25, 0.3) is 5.69 Å². The van der Waals surface area contributed by atoms with E-state index in [4.69, 9.17) is 4.74 Å². The first-order valence-corrected chi connectivity index (χ1v) is 6.44. The molecule has 0 saturated carbocycles. The summed E-state index contributed by atoms with van der Waals surface area (Å²) < 4.78 is 5.10. The molecule has 0 aliphatic rings. The quantitative estimate of drug-likeness (QED) is 0.573. The van der Waals surface area contributed by atoms with Crippen molar-refractivity contribution in [1.82, 2.24) is 9.97 Å². The van der Waals surface area contributed by atoms with Crippen molar-refractivity contribution in [3.05, 3.63) is 58.5 Å². The monoisotopic (exact) mass is 288 g/mol. The number of ether oxygens (including phenoxy) is 1. The van der Waals surface area contributed by atoms with Gasteiger partial charge in [0.2, 0.25) is 0 Å². The molecule has 0 N–H and O–H groups in total. The molecule has 0 aliphatic heterocycles. The summed E-state index contributed by atoms with van der Waals surface area (Å²) in [5, 5.41) is 10.7. The fourth-order valence-corrected chi connectivity index (χ4v) is 1.86. The van der Waals surface area contributed by atoms with Gasteiger partial charge in [0.15, 0.2) is 0 Å². The maximum atomic E-state index is 10.7. The van der Waals surface area contributed by atoms with Crippen LogP contribution in [0, 0.1) is 10.1 Å². The van der Waals surface area contributed by atoms with Gasteiger partial charge in [0, 0.05) is 38.7 Å². The van der Waals surface area contributed by atoms with Gasteiger partial charge in [-0.05, 0) is 17.7 Å². The number of anilines is 1. The zero-order valence-corrected chi connectivity index (χ0v) is 11.7. The number of rotatable bonds is 7. The molecule has 0 aromatic carbocycles. The van der Waals surface area contributed by atoms with E-state index in [-0.39, 0.29) is 5.69 Å². The number of methoxy groups -OCH3 is 1. The van der Waals surface area contributed by atoms with Gasteiger partial charge in [0.05, 0.1) is 11.5 Å². The second-order valence-electron chi connectivity index (χ2n) is 4.41. The van der Waals surface area contributed by atoms with Gasteiger partial charge < -0.3 is 9.64 Å². The van der Waals surface area contributed by atoms with Crippen LogP contribution in [-0.4, -0.2) is 35.2 Å². The smallest absolute Gasteiger partial charge is 0.287 e. The third-order valence-corrected chi connectivity index (χ3v) is 2.93. The number of aromatic nitrogens is 2. The molecule has 0 fully saturated rings. The Labute approximate surface area is 122 Å². The van der Waals surface area contributed by atoms with E-state index >= 15 is 0 Å². The van der Waals surface area contributed by atoms with Gasteiger partial charge >= 0.3 is 0 Å². The van der Waals surface area contributed by atoms with E-state index in [0.29, 0.717) is 25.5 Å². The minimum absolute atomic E-state index is 0.0215. The lowest BCUT2D eigenvalue weighted by Gasteiger charge is -2.23. The maximum Gasteiger partial charge on any atom is 0.287 e. The molecule has 0 unspecified atom stereocenters. The molecule has 0 bridgehead atoms. The number of nitrogens with zero attached hydrogens (tertiary/aromatic N) is 4. The Balaban J connectivity index is 2.16.